The van der Waals surface area contributed by atoms with Gasteiger partial charge in [-0.2, -0.15) is 4.68 Å². The van der Waals surface area contributed by atoms with Crippen molar-refractivity contribution in [3.8, 4) is 5.82 Å². The normalized spacial score (nSPS) is 10.9. The quantitative estimate of drug-likeness (QED) is 0.887. The summed E-state index contributed by atoms with van der Waals surface area (Å²) in [5.41, 5.74) is 7.98. The highest BCUT2D eigenvalue weighted by atomic mass is 15.4. The molecule has 0 amide bonds. The van der Waals surface area contributed by atoms with Gasteiger partial charge in [-0.3, -0.25) is 0 Å². The van der Waals surface area contributed by atoms with Crippen LogP contribution in [-0.2, 0) is 19.4 Å². The fourth-order valence-electron chi connectivity index (χ4n) is 1.95. The van der Waals surface area contributed by atoms with E-state index in [4.69, 9.17) is 5.73 Å². The van der Waals surface area contributed by atoms with Crippen LogP contribution in [0.4, 0.5) is 0 Å². The van der Waals surface area contributed by atoms with Crippen LogP contribution in [0, 0.1) is 6.92 Å². The van der Waals surface area contributed by atoms with Crippen LogP contribution in [0.2, 0.25) is 0 Å². The zero-order valence-electron chi connectivity index (χ0n) is 11.1. The maximum atomic E-state index is 5.82. The molecule has 0 saturated carbocycles. The van der Waals surface area contributed by atoms with Gasteiger partial charge in [-0.25, -0.2) is 9.97 Å². The van der Waals surface area contributed by atoms with Crippen LogP contribution in [0.5, 0.6) is 0 Å². The summed E-state index contributed by atoms with van der Waals surface area (Å²) in [6, 6.07) is 1.97. The molecule has 0 aliphatic rings. The molecule has 5 heteroatoms. The van der Waals surface area contributed by atoms with Gasteiger partial charge in [0.1, 0.15) is 5.82 Å². The first-order valence-corrected chi connectivity index (χ1v) is 6.30. The SMILES string of the molecule is CCc1nc(CC)n(-c2nccc(C)c2CN)n1. The van der Waals surface area contributed by atoms with Gasteiger partial charge in [0.2, 0.25) is 0 Å². The van der Waals surface area contributed by atoms with E-state index in [1.807, 2.05) is 24.6 Å². The van der Waals surface area contributed by atoms with Crippen molar-refractivity contribution in [2.24, 2.45) is 5.73 Å². The van der Waals surface area contributed by atoms with Crippen molar-refractivity contribution in [2.45, 2.75) is 40.2 Å². The van der Waals surface area contributed by atoms with Gasteiger partial charge in [0.25, 0.3) is 0 Å². The Morgan fingerprint density at radius 3 is 2.67 bits per heavy atom. The fourth-order valence-corrected chi connectivity index (χ4v) is 1.95. The Morgan fingerprint density at radius 1 is 1.28 bits per heavy atom. The van der Waals surface area contributed by atoms with Crippen molar-refractivity contribution in [2.75, 3.05) is 0 Å². The van der Waals surface area contributed by atoms with E-state index in [-0.39, 0.29) is 0 Å². The molecule has 0 aliphatic carbocycles. The molecular weight excluding hydrogens is 226 g/mol. The van der Waals surface area contributed by atoms with E-state index in [1.54, 1.807) is 6.20 Å². The van der Waals surface area contributed by atoms with Gasteiger partial charge in [0.05, 0.1) is 0 Å². The molecule has 0 saturated heterocycles. The molecule has 2 aromatic heterocycles. The van der Waals surface area contributed by atoms with Crippen LogP contribution in [-0.4, -0.2) is 19.7 Å². The summed E-state index contributed by atoms with van der Waals surface area (Å²) in [5.74, 6) is 2.58. The highest BCUT2D eigenvalue weighted by Crippen LogP contribution is 2.16. The number of aromatic nitrogens is 4. The van der Waals surface area contributed by atoms with E-state index < -0.39 is 0 Å². The van der Waals surface area contributed by atoms with Crippen molar-refractivity contribution in [3.63, 3.8) is 0 Å². The van der Waals surface area contributed by atoms with Gasteiger partial charge in [-0.05, 0) is 18.6 Å². The van der Waals surface area contributed by atoms with E-state index >= 15 is 0 Å². The zero-order chi connectivity index (χ0) is 13.1. The third kappa shape index (κ3) is 2.13. The molecule has 0 unspecified atom stereocenters. The van der Waals surface area contributed by atoms with E-state index in [2.05, 4.69) is 22.0 Å². The highest BCUT2D eigenvalue weighted by molar-refractivity contribution is 5.39. The van der Waals surface area contributed by atoms with Crippen molar-refractivity contribution in [1.82, 2.24) is 19.7 Å². The molecule has 5 nitrogen and oxygen atoms in total. The monoisotopic (exact) mass is 245 g/mol. The molecule has 0 bridgehead atoms. The van der Waals surface area contributed by atoms with Crippen molar-refractivity contribution in [3.05, 3.63) is 35.0 Å². The first kappa shape index (κ1) is 12.7. The van der Waals surface area contributed by atoms with Gasteiger partial charge in [0.15, 0.2) is 11.6 Å². The van der Waals surface area contributed by atoms with E-state index in [0.717, 1.165) is 41.4 Å². The van der Waals surface area contributed by atoms with Crippen LogP contribution in [0.25, 0.3) is 5.82 Å². The second-order valence-corrected chi connectivity index (χ2v) is 4.20. The number of hydrogen-bond acceptors (Lipinski definition) is 4. The minimum absolute atomic E-state index is 0.458. The minimum atomic E-state index is 0.458. The molecule has 0 spiro atoms. The molecule has 2 N–H and O–H groups in total. The topological polar surface area (TPSA) is 69.6 Å². The first-order valence-electron chi connectivity index (χ1n) is 6.30. The predicted molar refractivity (Wildman–Crippen MR) is 70.5 cm³/mol. The van der Waals surface area contributed by atoms with Crippen LogP contribution >= 0.6 is 0 Å². The lowest BCUT2D eigenvalue weighted by Crippen LogP contribution is -2.12. The number of pyridine rings is 1. The Bertz CT molecular complexity index is 544. The molecule has 18 heavy (non-hydrogen) atoms. The molecule has 0 aromatic carbocycles. The molecule has 0 radical (unpaired) electrons. The molecule has 0 fully saturated rings. The largest absolute Gasteiger partial charge is 0.326 e. The molecule has 0 aliphatic heterocycles. The summed E-state index contributed by atoms with van der Waals surface area (Å²) in [7, 11) is 0. The highest BCUT2D eigenvalue weighted by Gasteiger charge is 2.14. The Balaban J connectivity index is 2.60. The maximum Gasteiger partial charge on any atom is 0.160 e. The zero-order valence-corrected chi connectivity index (χ0v) is 11.1. The minimum Gasteiger partial charge on any atom is -0.326 e. The third-order valence-electron chi connectivity index (χ3n) is 3.02. The van der Waals surface area contributed by atoms with Crippen LogP contribution in [0.15, 0.2) is 12.3 Å². The fraction of sp³-hybridized carbons (Fsp3) is 0.462. The van der Waals surface area contributed by atoms with E-state index in [0.29, 0.717) is 6.54 Å². The smallest absolute Gasteiger partial charge is 0.160 e. The standard InChI is InChI=1S/C13H19N5/c1-4-11-16-12(5-2)18(17-11)13-10(8-14)9(3)6-7-15-13/h6-7H,4-5,8,14H2,1-3H3. The summed E-state index contributed by atoms with van der Waals surface area (Å²) in [6.45, 7) is 6.61. The lowest BCUT2D eigenvalue weighted by Gasteiger charge is -2.10. The second kappa shape index (κ2) is 5.27. The predicted octanol–water partition coefficient (Wildman–Crippen LogP) is 1.55. The van der Waals surface area contributed by atoms with Gasteiger partial charge >= 0.3 is 0 Å². The molecule has 2 heterocycles. The number of aryl methyl sites for hydroxylation is 3. The Labute approximate surface area is 107 Å². The third-order valence-corrected chi connectivity index (χ3v) is 3.02. The summed E-state index contributed by atoms with van der Waals surface area (Å²) in [6.07, 6.45) is 3.44. The average molecular weight is 245 g/mol. The summed E-state index contributed by atoms with van der Waals surface area (Å²) in [5, 5.41) is 4.51. The van der Waals surface area contributed by atoms with E-state index in [1.165, 1.54) is 0 Å². The van der Waals surface area contributed by atoms with Gasteiger partial charge < -0.3 is 5.73 Å². The Morgan fingerprint density at radius 2 is 2.06 bits per heavy atom. The van der Waals surface area contributed by atoms with Gasteiger partial charge in [-0.15, -0.1) is 5.10 Å². The van der Waals surface area contributed by atoms with Crippen molar-refractivity contribution >= 4 is 0 Å². The summed E-state index contributed by atoms with van der Waals surface area (Å²) in [4.78, 5) is 8.92. The van der Waals surface area contributed by atoms with E-state index in [9.17, 15) is 0 Å². The number of nitrogens with zero attached hydrogens (tertiary/aromatic N) is 4. The van der Waals surface area contributed by atoms with Crippen LogP contribution in [0.3, 0.4) is 0 Å². The molecule has 0 atom stereocenters. The van der Waals surface area contributed by atoms with Crippen LogP contribution in [0.1, 0.15) is 36.6 Å². The van der Waals surface area contributed by atoms with Gasteiger partial charge in [-0.1, -0.05) is 13.8 Å². The summed E-state index contributed by atoms with van der Waals surface area (Å²) >= 11 is 0. The van der Waals surface area contributed by atoms with Crippen molar-refractivity contribution in [1.29, 1.82) is 0 Å². The van der Waals surface area contributed by atoms with Crippen molar-refractivity contribution < 1.29 is 0 Å². The number of hydrogen-bond donors (Lipinski definition) is 1. The first-order chi connectivity index (χ1) is 8.71. The molecule has 2 rings (SSSR count). The average Bonchev–Trinajstić information content (AvgIpc) is 2.81. The molecular formula is C13H19N5. The lowest BCUT2D eigenvalue weighted by atomic mass is 10.1. The second-order valence-electron chi connectivity index (χ2n) is 4.20. The lowest BCUT2D eigenvalue weighted by molar-refractivity contribution is 0.754. The van der Waals surface area contributed by atoms with Gasteiger partial charge in [0, 0.05) is 31.1 Å². The maximum absolute atomic E-state index is 5.82. The number of nitrogens with two attached hydrogens (primary N) is 1. The number of rotatable bonds is 4. The molecule has 96 valence electrons. The van der Waals surface area contributed by atoms with Crippen LogP contribution < -0.4 is 5.73 Å². The molecule has 2 aromatic rings. The Hall–Kier alpha value is -1.75. The Kier molecular flexibility index (Phi) is 3.72. The summed E-state index contributed by atoms with van der Waals surface area (Å²) < 4.78 is 1.83.